The van der Waals surface area contributed by atoms with Crippen LogP contribution in [0, 0.1) is 11.8 Å². The molecule has 2 heterocycles. The van der Waals surface area contributed by atoms with Gasteiger partial charge in [0.2, 0.25) is 5.91 Å². The van der Waals surface area contributed by atoms with Gasteiger partial charge in [-0.1, -0.05) is 0 Å². The summed E-state index contributed by atoms with van der Waals surface area (Å²) in [6, 6.07) is 0.952. The van der Waals surface area contributed by atoms with Crippen LogP contribution in [0.2, 0.25) is 0 Å². The molecule has 2 unspecified atom stereocenters. The van der Waals surface area contributed by atoms with E-state index < -0.39 is 46.6 Å². The molecule has 200 valence electrons. The van der Waals surface area contributed by atoms with E-state index in [1.54, 1.807) is 25.7 Å². The third-order valence-electron chi connectivity index (χ3n) is 5.89. The Morgan fingerprint density at radius 1 is 1.00 bits per heavy atom. The molecule has 2 fully saturated rings. The smallest absolute Gasteiger partial charge is 0.416 e. The Labute approximate surface area is 207 Å². The number of likely N-dealkylation sites (tertiary alicyclic amines) is 1. The first-order chi connectivity index (χ1) is 17.0. The Bertz CT molecular complexity index is 1190. The minimum absolute atomic E-state index is 0.0186. The molecular weight excluding hydrogens is 508 g/mol. The number of rotatable bonds is 4. The highest BCUT2D eigenvalue weighted by Crippen LogP contribution is 2.45. The fourth-order valence-corrected chi connectivity index (χ4v) is 4.14. The minimum Gasteiger partial charge on any atom is -0.444 e. The van der Waals surface area contributed by atoms with E-state index in [9.17, 15) is 35.9 Å². The van der Waals surface area contributed by atoms with Gasteiger partial charge in [-0.05, 0) is 39.0 Å². The van der Waals surface area contributed by atoms with Crippen molar-refractivity contribution in [1.82, 2.24) is 25.0 Å². The van der Waals surface area contributed by atoms with Crippen molar-refractivity contribution in [2.24, 2.45) is 11.8 Å². The lowest BCUT2D eigenvalue weighted by molar-refractivity contribution is -0.143. The van der Waals surface area contributed by atoms with E-state index in [1.807, 2.05) is 0 Å². The zero-order valence-corrected chi connectivity index (χ0v) is 19.9. The molecule has 14 heteroatoms. The molecular formula is C23H23F6N5O3. The molecule has 1 saturated heterocycles. The number of ether oxygens (including phenoxy) is 1. The predicted molar refractivity (Wildman–Crippen MR) is 118 cm³/mol. The van der Waals surface area contributed by atoms with Crippen LogP contribution in [0.15, 0.2) is 30.6 Å². The standard InChI is InChI=1S/C23H23F6N5O3/c1-21(2,3)37-20(36)33-9-15-16(10-33)18(15)31-17(35)4-5-34-11-30-19(32-34)12-6-13(22(24,25)26)8-14(7-12)23(27,28)29/h4-8,11,15-16,18H,9-10H2,1-3H3,(H,31,35). The van der Waals surface area contributed by atoms with Gasteiger partial charge in [-0.2, -0.15) is 26.3 Å². The number of fused-ring (bicyclic) bond motifs is 1. The average Bonchev–Trinajstić information content (AvgIpc) is 3.14. The van der Waals surface area contributed by atoms with Crippen LogP contribution >= 0.6 is 0 Å². The number of alkyl halides is 6. The normalized spacial score (nSPS) is 21.8. The molecule has 0 bridgehead atoms. The molecule has 37 heavy (non-hydrogen) atoms. The molecule has 1 aromatic carbocycles. The molecule has 1 aliphatic heterocycles. The van der Waals surface area contributed by atoms with Gasteiger partial charge in [0.1, 0.15) is 11.9 Å². The third kappa shape index (κ3) is 6.23. The maximum atomic E-state index is 13.1. The second kappa shape index (κ2) is 9.06. The van der Waals surface area contributed by atoms with Crippen LogP contribution in [0.3, 0.4) is 0 Å². The number of halogens is 6. The summed E-state index contributed by atoms with van der Waals surface area (Å²) in [4.78, 5) is 29.8. The third-order valence-corrected chi connectivity index (χ3v) is 5.89. The molecule has 2 aromatic rings. The van der Waals surface area contributed by atoms with Crippen LogP contribution in [-0.4, -0.2) is 56.4 Å². The lowest BCUT2D eigenvalue weighted by atomic mass is 10.0. The van der Waals surface area contributed by atoms with Crippen molar-refractivity contribution in [3.05, 3.63) is 41.7 Å². The number of carbonyl (C=O) groups is 2. The predicted octanol–water partition coefficient (Wildman–Crippen LogP) is 4.43. The van der Waals surface area contributed by atoms with Gasteiger partial charge in [-0.15, -0.1) is 5.10 Å². The first-order valence-electron chi connectivity index (χ1n) is 11.2. The Balaban J connectivity index is 1.36. The highest BCUT2D eigenvalue weighted by molar-refractivity contribution is 5.90. The topological polar surface area (TPSA) is 89.4 Å². The summed E-state index contributed by atoms with van der Waals surface area (Å²) in [6.07, 6.45) is -7.06. The minimum atomic E-state index is -5.00. The molecule has 8 nitrogen and oxygen atoms in total. The fourth-order valence-electron chi connectivity index (χ4n) is 4.14. The lowest BCUT2D eigenvalue weighted by Crippen LogP contribution is -2.39. The molecule has 2 aliphatic rings. The van der Waals surface area contributed by atoms with Gasteiger partial charge in [-0.3, -0.25) is 4.79 Å². The average molecular weight is 531 g/mol. The van der Waals surface area contributed by atoms with Gasteiger partial charge >= 0.3 is 18.4 Å². The SMILES string of the molecule is CC(C)(C)OC(=O)N1CC2C(C1)C2NC(=O)C=Cn1cnc(-c2cc(C(F)(F)F)cc(C(F)(F)F)c2)n1. The van der Waals surface area contributed by atoms with Crippen molar-refractivity contribution >= 4 is 18.2 Å². The summed E-state index contributed by atoms with van der Waals surface area (Å²) in [5.41, 5.74) is -4.04. The summed E-state index contributed by atoms with van der Waals surface area (Å²) >= 11 is 0. The van der Waals surface area contributed by atoms with Crippen LogP contribution in [0.25, 0.3) is 17.6 Å². The molecule has 2 atom stereocenters. The highest BCUT2D eigenvalue weighted by Gasteiger charge is 2.57. The van der Waals surface area contributed by atoms with E-state index >= 15 is 0 Å². The lowest BCUT2D eigenvalue weighted by Gasteiger charge is -2.25. The number of carbonyl (C=O) groups excluding carboxylic acids is 2. The fraction of sp³-hybridized carbons (Fsp3) is 0.478. The van der Waals surface area contributed by atoms with E-state index in [1.165, 1.54) is 6.20 Å². The zero-order valence-electron chi connectivity index (χ0n) is 19.9. The van der Waals surface area contributed by atoms with Crippen LogP contribution in [0.1, 0.15) is 31.9 Å². The molecule has 4 rings (SSSR count). The Morgan fingerprint density at radius 3 is 2.08 bits per heavy atom. The van der Waals surface area contributed by atoms with Crippen LogP contribution in [0.5, 0.6) is 0 Å². The van der Waals surface area contributed by atoms with Gasteiger partial charge in [0.05, 0.1) is 11.1 Å². The summed E-state index contributed by atoms with van der Waals surface area (Å²) in [5.74, 6) is -0.641. The number of nitrogens with one attached hydrogen (secondary N) is 1. The Morgan fingerprint density at radius 2 is 1.57 bits per heavy atom. The first kappa shape index (κ1) is 26.5. The summed E-state index contributed by atoms with van der Waals surface area (Å²) in [6.45, 7) is 6.23. The van der Waals surface area contributed by atoms with Crippen molar-refractivity contribution in [3.63, 3.8) is 0 Å². The number of nitrogens with zero attached hydrogens (tertiary/aromatic N) is 4. The molecule has 2 amide bonds. The van der Waals surface area contributed by atoms with Gasteiger partial charge in [0, 0.05) is 48.8 Å². The first-order valence-corrected chi connectivity index (χ1v) is 11.2. The number of amides is 2. The molecule has 1 aromatic heterocycles. The molecule has 0 spiro atoms. The van der Waals surface area contributed by atoms with E-state index in [2.05, 4.69) is 15.4 Å². The van der Waals surface area contributed by atoms with E-state index in [-0.39, 0.29) is 29.8 Å². The number of hydrogen-bond donors (Lipinski definition) is 1. The summed E-state index contributed by atoms with van der Waals surface area (Å²) < 4.78 is 84.9. The van der Waals surface area contributed by atoms with Crippen LogP contribution in [0.4, 0.5) is 31.1 Å². The van der Waals surface area contributed by atoms with Gasteiger partial charge < -0.3 is 15.0 Å². The summed E-state index contributed by atoms with van der Waals surface area (Å²) in [7, 11) is 0. The zero-order chi connectivity index (χ0) is 27.3. The van der Waals surface area contributed by atoms with Gasteiger partial charge in [0.25, 0.3) is 0 Å². The Kier molecular flexibility index (Phi) is 6.49. The quantitative estimate of drug-likeness (QED) is 0.466. The second-order valence-corrected chi connectivity index (χ2v) is 9.91. The summed E-state index contributed by atoms with van der Waals surface area (Å²) in [5, 5.41) is 6.66. The number of piperidine rings is 1. The largest absolute Gasteiger partial charge is 0.444 e. The highest BCUT2D eigenvalue weighted by atomic mass is 19.4. The van der Waals surface area contributed by atoms with E-state index in [4.69, 9.17) is 4.74 Å². The maximum Gasteiger partial charge on any atom is 0.416 e. The number of hydrogen-bond acceptors (Lipinski definition) is 5. The van der Waals surface area contributed by atoms with Gasteiger partial charge in [-0.25, -0.2) is 14.5 Å². The monoisotopic (exact) mass is 531 g/mol. The van der Waals surface area contributed by atoms with Crippen molar-refractivity contribution in [1.29, 1.82) is 0 Å². The van der Waals surface area contributed by atoms with Crippen LogP contribution < -0.4 is 5.32 Å². The molecule has 1 saturated carbocycles. The molecule has 0 radical (unpaired) electrons. The second-order valence-electron chi connectivity index (χ2n) is 9.91. The van der Waals surface area contributed by atoms with Crippen molar-refractivity contribution < 1.29 is 40.7 Å². The van der Waals surface area contributed by atoms with Crippen molar-refractivity contribution in [3.8, 4) is 11.4 Å². The van der Waals surface area contributed by atoms with Crippen LogP contribution in [-0.2, 0) is 21.9 Å². The Hall–Kier alpha value is -3.58. The molecule has 1 N–H and O–H groups in total. The maximum absolute atomic E-state index is 13.1. The van der Waals surface area contributed by atoms with E-state index in [0.717, 1.165) is 17.1 Å². The van der Waals surface area contributed by atoms with Gasteiger partial charge in [0.15, 0.2) is 5.82 Å². The number of benzene rings is 1. The number of aromatic nitrogens is 3. The van der Waals surface area contributed by atoms with Crippen molar-refractivity contribution in [2.45, 2.75) is 44.8 Å². The van der Waals surface area contributed by atoms with Crippen molar-refractivity contribution in [2.75, 3.05) is 13.1 Å². The van der Waals surface area contributed by atoms with E-state index in [0.29, 0.717) is 25.2 Å². The molecule has 1 aliphatic carbocycles.